The third-order valence-electron chi connectivity index (χ3n) is 3.08. The van der Waals surface area contributed by atoms with Crippen LogP contribution in [0.3, 0.4) is 0 Å². The van der Waals surface area contributed by atoms with Gasteiger partial charge in [-0.05, 0) is 31.4 Å². The molecule has 0 radical (unpaired) electrons. The zero-order valence-electron chi connectivity index (χ0n) is 9.47. The predicted molar refractivity (Wildman–Crippen MR) is 60.4 cm³/mol. The van der Waals surface area contributed by atoms with Gasteiger partial charge in [-0.15, -0.1) is 0 Å². The number of nitrogens with one attached hydrogen (secondary N) is 1. The van der Waals surface area contributed by atoms with Crippen LogP contribution in [0.4, 0.5) is 18.9 Å². The first kappa shape index (κ1) is 11.4. The molecule has 1 aliphatic heterocycles. The van der Waals surface area contributed by atoms with E-state index < -0.39 is 12.1 Å². The molecule has 1 aromatic carbocycles. The van der Waals surface area contributed by atoms with Gasteiger partial charge in [0.1, 0.15) is 5.52 Å². The van der Waals surface area contributed by atoms with Gasteiger partial charge in [0, 0.05) is 17.8 Å². The summed E-state index contributed by atoms with van der Waals surface area (Å²) < 4.78 is 42.5. The van der Waals surface area contributed by atoms with Crippen LogP contribution in [0, 0.1) is 0 Å². The van der Waals surface area contributed by atoms with Crippen molar-refractivity contribution in [3.05, 3.63) is 23.6 Å². The van der Waals surface area contributed by atoms with Crippen LogP contribution in [-0.2, 0) is 12.6 Å². The molecule has 2 heterocycles. The minimum absolute atomic E-state index is 0.199. The molecule has 0 unspecified atom stereocenters. The van der Waals surface area contributed by atoms with Crippen molar-refractivity contribution in [2.75, 3.05) is 11.9 Å². The average molecular weight is 256 g/mol. The van der Waals surface area contributed by atoms with Crippen molar-refractivity contribution >= 4 is 16.8 Å². The molecule has 0 saturated heterocycles. The van der Waals surface area contributed by atoms with Crippen molar-refractivity contribution in [3.63, 3.8) is 0 Å². The van der Waals surface area contributed by atoms with E-state index in [1.54, 1.807) is 6.07 Å². The highest BCUT2D eigenvalue weighted by atomic mass is 19.4. The fourth-order valence-corrected chi connectivity index (χ4v) is 2.24. The standard InChI is InChI=1S/C12H11F3N2O/c13-12(14,15)11-17-10-7-3-1-2-6-16-8(7)4-5-9(10)18-11/h4-5,16H,1-3,6H2. The molecular formula is C12H11F3N2O. The van der Waals surface area contributed by atoms with E-state index in [-0.39, 0.29) is 5.58 Å². The number of benzene rings is 1. The Labute approximate surface area is 101 Å². The number of aromatic nitrogens is 1. The number of anilines is 1. The van der Waals surface area contributed by atoms with Gasteiger partial charge in [0.2, 0.25) is 0 Å². The maximum Gasteiger partial charge on any atom is 0.468 e. The van der Waals surface area contributed by atoms with Crippen molar-refractivity contribution in [2.45, 2.75) is 25.4 Å². The number of fused-ring (bicyclic) bond motifs is 3. The van der Waals surface area contributed by atoms with Crippen molar-refractivity contribution in [1.29, 1.82) is 0 Å². The molecule has 0 spiro atoms. The van der Waals surface area contributed by atoms with Gasteiger partial charge >= 0.3 is 12.1 Å². The molecule has 1 aromatic heterocycles. The van der Waals surface area contributed by atoms with Crippen LogP contribution < -0.4 is 5.32 Å². The van der Waals surface area contributed by atoms with E-state index in [1.165, 1.54) is 6.07 Å². The molecule has 0 atom stereocenters. The van der Waals surface area contributed by atoms with Crippen molar-refractivity contribution in [2.24, 2.45) is 0 Å². The Hall–Kier alpha value is -1.72. The van der Waals surface area contributed by atoms with Crippen molar-refractivity contribution in [1.82, 2.24) is 4.98 Å². The summed E-state index contributed by atoms with van der Waals surface area (Å²) in [5.74, 6) is -1.17. The number of alkyl halides is 3. The molecule has 0 saturated carbocycles. The third-order valence-corrected chi connectivity index (χ3v) is 3.08. The number of hydrogen-bond donors (Lipinski definition) is 1. The number of rotatable bonds is 0. The van der Waals surface area contributed by atoms with E-state index in [1.807, 2.05) is 0 Å². The second-order valence-corrected chi connectivity index (χ2v) is 4.34. The summed E-state index contributed by atoms with van der Waals surface area (Å²) in [4.78, 5) is 3.61. The number of nitrogens with zero attached hydrogens (tertiary/aromatic N) is 1. The van der Waals surface area contributed by atoms with Crippen LogP contribution in [0.2, 0.25) is 0 Å². The third kappa shape index (κ3) is 1.81. The molecule has 3 nitrogen and oxygen atoms in total. The average Bonchev–Trinajstić information content (AvgIpc) is 2.61. The maximum atomic E-state index is 12.6. The summed E-state index contributed by atoms with van der Waals surface area (Å²) in [6.45, 7) is 0.836. The summed E-state index contributed by atoms with van der Waals surface area (Å²) in [5.41, 5.74) is 2.21. The lowest BCUT2D eigenvalue weighted by Crippen LogP contribution is -2.04. The van der Waals surface area contributed by atoms with Gasteiger partial charge in [-0.3, -0.25) is 0 Å². The SMILES string of the molecule is FC(F)(F)c1nc2c3c(ccc2o1)NCCCC3. The lowest BCUT2D eigenvalue weighted by molar-refractivity contribution is -0.156. The first-order valence-corrected chi connectivity index (χ1v) is 5.79. The highest BCUT2D eigenvalue weighted by Gasteiger charge is 2.38. The van der Waals surface area contributed by atoms with E-state index in [2.05, 4.69) is 10.3 Å². The van der Waals surface area contributed by atoms with Crippen LogP contribution in [0.5, 0.6) is 0 Å². The first-order valence-electron chi connectivity index (χ1n) is 5.79. The second-order valence-electron chi connectivity index (χ2n) is 4.34. The van der Waals surface area contributed by atoms with Crippen LogP contribution in [-0.4, -0.2) is 11.5 Å². The van der Waals surface area contributed by atoms with Crippen LogP contribution in [0.25, 0.3) is 11.1 Å². The maximum absolute atomic E-state index is 12.6. The van der Waals surface area contributed by atoms with Gasteiger partial charge in [0.25, 0.3) is 0 Å². The summed E-state index contributed by atoms with van der Waals surface area (Å²) in [6.07, 6.45) is -1.87. The highest BCUT2D eigenvalue weighted by molar-refractivity contribution is 5.83. The lowest BCUT2D eigenvalue weighted by atomic mass is 10.1. The van der Waals surface area contributed by atoms with E-state index in [4.69, 9.17) is 4.42 Å². The lowest BCUT2D eigenvalue weighted by Gasteiger charge is -2.06. The van der Waals surface area contributed by atoms with E-state index in [9.17, 15) is 13.2 Å². The zero-order valence-corrected chi connectivity index (χ0v) is 9.47. The largest absolute Gasteiger partial charge is 0.468 e. The van der Waals surface area contributed by atoms with Gasteiger partial charge in [0.05, 0.1) is 0 Å². The van der Waals surface area contributed by atoms with Crippen molar-refractivity contribution < 1.29 is 17.6 Å². The van der Waals surface area contributed by atoms with E-state index in [0.717, 1.165) is 37.1 Å². The number of hydrogen-bond acceptors (Lipinski definition) is 3. The van der Waals surface area contributed by atoms with Gasteiger partial charge in [-0.2, -0.15) is 13.2 Å². The smallest absolute Gasteiger partial charge is 0.433 e. The molecule has 2 aromatic rings. The number of halogens is 3. The first-order chi connectivity index (χ1) is 8.55. The molecule has 6 heteroatoms. The number of aryl methyl sites for hydroxylation is 1. The van der Waals surface area contributed by atoms with Gasteiger partial charge in [0.15, 0.2) is 5.58 Å². The van der Waals surface area contributed by atoms with E-state index >= 15 is 0 Å². The topological polar surface area (TPSA) is 38.1 Å². The van der Waals surface area contributed by atoms with Crippen molar-refractivity contribution in [3.8, 4) is 0 Å². The number of oxazole rings is 1. The second kappa shape index (κ2) is 3.90. The molecule has 96 valence electrons. The Morgan fingerprint density at radius 1 is 1.22 bits per heavy atom. The van der Waals surface area contributed by atoms with Crippen LogP contribution in [0.15, 0.2) is 16.5 Å². The van der Waals surface area contributed by atoms with Crippen LogP contribution in [0.1, 0.15) is 24.3 Å². The zero-order chi connectivity index (χ0) is 12.8. The predicted octanol–water partition coefficient (Wildman–Crippen LogP) is 3.59. The summed E-state index contributed by atoms with van der Waals surface area (Å²) in [5, 5.41) is 3.20. The van der Waals surface area contributed by atoms with Gasteiger partial charge < -0.3 is 9.73 Å². The normalized spacial score (nSPS) is 16.2. The Morgan fingerprint density at radius 2 is 2.06 bits per heavy atom. The molecule has 0 amide bonds. The quantitative estimate of drug-likeness (QED) is 0.782. The monoisotopic (exact) mass is 256 g/mol. The molecule has 0 aliphatic carbocycles. The molecule has 3 rings (SSSR count). The summed E-state index contributed by atoms with van der Waals surface area (Å²) in [7, 11) is 0. The van der Waals surface area contributed by atoms with Gasteiger partial charge in [-0.25, -0.2) is 4.98 Å². The van der Waals surface area contributed by atoms with E-state index in [0.29, 0.717) is 5.52 Å². The summed E-state index contributed by atoms with van der Waals surface area (Å²) in [6, 6.07) is 3.29. The molecule has 18 heavy (non-hydrogen) atoms. The minimum Gasteiger partial charge on any atom is -0.433 e. The Bertz CT molecular complexity index is 589. The minimum atomic E-state index is -4.54. The highest BCUT2D eigenvalue weighted by Crippen LogP contribution is 2.35. The molecule has 1 aliphatic rings. The molecule has 0 bridgehead atoms. The molecular weight excluding hydrogens is 245 g/mol. The Kier molecular flexibility index (Phi) is 2.46. The van der Waals surface area contributed by atoms with Gasteiger partial charge in [-0.1, -0.05) is 0 Å². The molecule has 0 fully saturated rings. The van der Waals surface area contributed by atoms with Crippen LogP contribution >= 0.6 is 0 Å². The fraction of sp³-hybridized carbons (Fsp3) is 0.417. The fourth-order valence-electron chi connectivity index (χ4n) is 2.24. The summed E-state index contributed by atoms with van der Waals surface area (Å²) >= 11 is 0. The Morgan fingerprint density at radius 3 is 2.83 bits per heavy atom. The molecule has 1 N–H and O–H groups in total. The Balaban J connectivity index is 2.19.